The van der Waals surface area contributed by atoms with Gasteiger partial charge in [-0.25, -0.2) is 13.6 Å². The molecule has 0 heterocycles. The van der Waals surface area contributed by atoms with Crippen LogP contribution in [0.25, 0.3) is 0 Å². The first-order valence-corrected chi connectivity index (χ1v) is 13.9. The molecule has 2 aromatic rings. The van der Waals surface area contributed by atoms with E-state index >= 15 is 0 Å². The molecule has 6 N–H and O–H groups in total. The van der Waals surface area contributed by atoms with Crippen molar-refractivity contribution in [1.82, 2.24) is 5.32 Å². The SMILES string of the molecule is NS(=O)(=O)c1cccc(CCCCCOCCCCCCNC[C@@H](O)c2ccc(O)c(CO)c2)c1. The molecule has 0 spiro atoms. The number of sulfonamides is 1. The number of primary sulfonamides is 1. The molecule has 0 fully saturated rings. The van der Waals surface area contributed by atoms with E-state index in [-0.39, 0.29) is 17.3 Å². The quantitative estimate of drug-likeness (QED) is 0.195. The summed E-state index contributed by atoms with van der Waals surface area (Å²) in [6, 6.07) is 11.6. The van der Waals surface area contributed by atoms with E-state index in [1.165, 1.54) is 12.1 Å². The Bertz CT molecular complexity index is 984. The highest BCUT2D eigenvalue weighted by Crippen LogP contribution is 2.22. The van der Waals surface area contributed by atoms with Gasteiger partial charge < -0.3 is 25.4 Å². The zero-order chi connectivity index (χ0) is 25.5. The average molecular weight is 509 g/mol. The van der Waals surface area contributed by atoms with Crippen molar-refractivity contribution in [3.8, 4) is 5.75 Å². The molecule has 0 aromatic heterocycles. The van der Waals surface area contributed by atoms with Gasteiger partial charge in [-0.1, -0.05) is 37.5 Å². The Morgan fingerprint density at radius 3 is 2.37 bits per heavy atom. The lowest BCUT2D eigenvalue weighted by Gasteiger charge is -2.14. The average Bonchev–Trinajstić information content (AvgIpc) is 2.84. The summed E-state index contributed by atoms with van der Waals surface area (Å²) in [7, 11) is -3.65. The first kappa shape index (κ1) is 29.2. The van der Waals surface area contributed by atoms with E-state index in [0.29, 0.717) is 17.7 Å². The molecular weight excluding hydrogens is 468 g/mol. The highest BCUT2D eigenvalue weighted by molar-refractivity contribution is 7.89. The van der Waals surface area contributed by atoms with Crippen LogP contribution in [0.15, 0.2) is 47.4 Å². The third-order valence-electron chi connectivity index (χ3n) is 5.87. The Morgan fingerprint density at radius 2 is 1.66 bits per heavy atom. The van der Waals surface area contributed by atoms with Gasteiger partial charge >= 0.3 is 0 Å². The summed E-state index contributed by atoms with van der Waals surface area (Å²) in [6.45, 7) is 2.49. The summed E-state index contributed by atoms with van der Waals surface area (Å²) in [5.41, 5.74) is 2.07. The van der Waals surface area contributed by atoms with Gasteiger partial charge in [0.2, 0.25) is 10.0 Å². The van der Waals surface area contributed by atoms with E-state index in [9.17, 15) is 23.7 Å². The molecule has 0 aliphatic heterocycles. The lowest BCUT2D eigenvalue weighted by atomic mass is 10.1. The van der Waals surface area contributed by atoms with E-state index in [1.807, 2.05) is 6.07 Å². The fraction of sp³-hybridized carbons (Fsp3) is 0.538. The molecule has 0 saturated carbocycles. The molecule has 0 saturated heterocycles. The van der Waals surface area contributed by atoms with Gasteiger partial charge in [-0.05, 0) is 74.0 Å². The Balaban J connectivity index is 1.41. The molecule has 0 radical (unpaired) electrons. The van der Waals surface area contributed by atoms with Crippen LogP contribution in [0.5, 0.6) is 5.75 Å². The van der Waals surface area contributed by atoms with Crippen molar-refractivity contribution in [3.63, 3.8) is 0 Å². The van der Waals surface area contributed by atoms with E-state index < -0.39 is 16.1 Å². The number of hydrogen-bond acceptors (Lipinski definition) is 7. The zero-order valence-electron chi connectivity index (χ0n) is 20.4. The molecule has 0 aliphatic carbocycles. The molecule has 2 aromatic carbocycles. The van der Waals surface area contributed by atoms with Crippen LogP contribution in [0.1, 0.15) is 67.7 Å². The molecule has 196 valence electrons. The van der Waals surface area contributed by atoms with Gasteiger partial charge in [-0.2, -0.15) is 0 Å². The summed E-state index contributed by atoms with van der Waals surface area (Å²) in [5.74, 6) is 0.0337. The summed E-state index contributed by atoms with van der Waals surface area (Å²) in [5, 5.41) is 37.5. The third kappa shape index (κ3) is 11.5. The Kier molecular flexibility index (Phi) is 13.3. The zero-order valence-corrected chi connectivity index (χ0v) is 21.2. The minimum atomic E-state index is -3.65. The maximum atomic E-state index is 11.4. The van der Waals surface area contributed by atoms with E-state index in [2.05, 4.69) is 5.32 Å². The van der Waals surface area contributed by atoms with Gasteiger partial charge in [0.15, 0.2) is 0 Å². The molecule has 9 heteroatoms. The summed E-state index contributed by atoms with van der Waals surface area (Å²) < 4.78 is 28.5. The largest absolute Gasteiger partial charge is 0.508 e. The van der Waals surface area contributed by atoms with Crippen LogP contribution >= 0.6 is 0 Å². The lowest BCUT2D eigenvalue weighted by molar-refractivity contribution is 0.126. The second-order valence-electron chi connectivity index (χ2n) is 8.80. The normalized spacial score (nSPS) is 12.7. The monoisotopic (exact) mass is 508 g/mol. The molecule has 2 rings (SSSR count). The number of benzene rings is 2. The number of phenols is 1. The number of nitrogens with one attached hydrogen (secondary N) is 1. The van der Waals surface area contributed by atoms with Gasteiger partial charge in [-0.3, -0.25) is 0 Å². The van der Waals surface area contributed by atoms with Crippen molar-refractivity contribution in [2.24, 2.45) is 5.14 Å². The van der Waals surface area contributed by atoms with Crippen LogP contribution in [0.2, 0.25) is 0 Å². The molecular formula is C26H40N2O6S. The van der Waals surface area contributed by atoms with Crippen molar-refractivity contribution in [2.45, 2.75) is 69.0 Å². The standard InChI is InChI=1S/C26H40N2O6S/c27-35(32,33)24-11-8-10-21(17-24)9-4-3-7-16-34-15-6-2-1-5-14-28-19-26(31)22-12-13-25(30)23(18-22)20-29/h8,10-13,17-18,26,28-31H,1-7,9,14-16,19-20H2,(H2,27,32,33)/t26-/m1/s1. The summed E-state index contributed by atoms with van der Waals surface area (Å²) in [4.78, 5) is 0.165. The van der Waals surface area contributed by atoms with Crippen LogP contribution < -0.4 is 10.5 Å². The molecule has 1 atom stereocenters. The second-order valence-corrected chi connectivity index (χ2v) is 10.4. The highest BCUT2D eigenvalue weighted by Gasteiger charge is 2.10. The van der Waals surface area contributed by atoms with Crippen LogP contribution in [0.4, 0.5) is 0 Å². The minimum absolute atomic E-state index is 0.0337. The Labute approximate surface area is 209 Å². The number of nitrogens with two attached hydrogens (primary N) is 1. The maximum absolute atomic E-state index is 11.4. The molecule has 8 nitrogen and oxygen atoms in total. The Morgan fingerprint density at radius 1 is 0.943 bits per heavy atom. The van der Waals surface area contributed by atoms with Crippen molar-refractivity contribution < 1.29 is 28.5 Å². The van der Waals surface area contributed by atoms with Crippen LogP contribution in [0.3, 0.4) is 0 Å². The number of aryl methyl sites for hydroxylation is 1. The van der Waals surface area contributed by atoms with Crippen LogP contribution in [-0.2, 0) is 27.8 Å². The van der Waals surface area contributed by atoms with Crippen molar-refractivity contribution in [2.75, 3.05) is 26.3 Å². The molecule has 35 heavy (non-hydrogen) atoms. The van der Waals surface area contributed by atoms with Crippen molar-refractivity contribution >= 4 is 10.0 Å². The number of aliphatic hydroxyl groups is 2. The molecule has 0 bridgehead atoms. The summed E-state index contributed by atoms with van der Waals surface area (Å²) >= 11 is 0. The van der Waals surface area contributed by atoms with Gasteiger partial charge in [0.25, 0.3) is 0 Å². The molecule has 0 unspecified atom stereocenters. The van der Waals surface area contributed by atoms with Crippen LogP contribution in [-0.4, -0.2) is 50.0 Å². The van der Waals surface area contributed by atoms with Gasteiger partial charge in [0.05, 0.1) is 17.6 Å². The van der Waals surface area contributed by atoms with E-state index in [4.69, 9.17) is 9.88 Å². The van der Waals surface area contributed by atoms with Gasteiger partial charge in [0, 0.05) is 25.3 Å². The molecule has 0 aliphatic rings. The third-order valence-corrected chi connectivity index (χ3v) is 6.78. The van der Waals surface area contributed by atoms with Crippen molar-refractivity contribution in [1.29, 1.82) is 0 Å². The predicted octanol–water partition coefficient (Wildman–Crippen LogP) is 3.14. The van der Waals surface area contributed by atoms with Gasteiger partial charge in [-0.15, -0.1) is 0 Å². The minimum Gasteiger partial charge on any atom is -0.508 e. The predicted molar refractivity (Wildman–Crippen MR) is 137 cm³/mol. The fourth-order valence-electron chi connectivity index (χ4n) is 3.79. The maximum Gasteiger partial charge on any atom is 0.238 e. The van der Waals surface area contributed by atoms with E-state index in [1.54, 1.807) is 24.3 Å². The Hall–Kier alpha value is -2.01. The number of aliphatic hydroxyl groups excluding tert-OH is 2. The number of aromatic hydroxyl groups is 1. The molecule has 0 amide bonds. The first-order chi connectivity index (χ1) is 16.8. The van der Waals surface area contributed by atoms with E-state index in [0.717, 1.165) is 76.7 Å². The fourth-order valence-corrected chi connectivity index (χ4v) is 4.38. The van der Waals surface area contributed by atoms with Gasteiger partial charge in [0.1, 0.15) is 5.75 Å². The number of rotatable bonds is 18. The number of ether oxygens (including phenoxy) is 1. The first-order valence-electron chi connectivity index (χ1n) is 12.3. The van der Waals surface area contributed by atoms with Crippen molar-refractivity contribution in [3.05, 3.63) is 59.2 Å². The van der Waals surface area contributed by atoms with Crippen LogP contribution in [0, 0.1) is 0 Å². The highest BCUT2D eigenvalue weighted by atomic mass is 32.2. The summed E-state index contributed by atoms with van der Waals surface area (Å²) in [6.07, 6.45) is 7.39. The number of unbranched alkanes of at least 4 members (excludes halogenated alkanes) is 5. The number of hydrogen-bond donors (Lipinski definition) is 5. The smallest absolute Gasteiger partial charge is 0.238 e. The lowest BCUT2D eigenvalue weighted by Crippen LogP contribution is -2.22. The second kappa shape index (κ2) is 15.9. The topological polar surface area (TPSA) is 142 Å².